The van der Waals surface area contributed by atoms with E-state index in [4.69, 9.17) is 4.74 Å². The average Bonchev–Trinajstić information content (AvgIpc) is 2.62. The molecule has 1 fully saturated rings. The largest absolute Gasteiger partial charge is 0.394 e. The molecule has 15 heavy (non-hydrogen) atoms. The zero-order chi connectivity index (χ0) is 11.3. The van der Waals surface area contributed by atoms with Crippen LogP contribution in [0.25, 0.3) is 0 Å². The van der Waals surface area contributed by atoms with Gasteiger partial charge in [0.25, 0.3) is 0 Å². The van der Waals surface area contributed by atoms with Crippen LogP contribution in [0.3, 0.4) is 0 Å². The summed E-state index contributed by atoms with van der Waals surface area (Å²) in [5.74, 6) is 0.940. The van der Waals surface area contributed by atoms with Crippen LogP contribution in [0.15, 0.2) is 0 Å². The van der Waals surface area contributed by atoms with E-state index in [-0.39, 0.29) is 12.1 Å². The number of hydrogen-bond donors (Lipinski definition) is 2. The van der Waals surface area contributed by atoms with Gasteiger partial charge in [0.1, 0.15) is 0 Å². The maximum absolute atomic E-state index is 9.35. The molecule has 3 unspecified atom stereocenters. The number of thioether (sulfide) groups is 1. The highest BCUT2D eigenvalue weighted by atomic mass is 32.2. The van der Waals surface area contributed by atoms with Crippen molar-refractivity contribution in [3.8, 4) is 0 Å². The van der Waals surface area contributed by atoms with Gasteiger partial charge in [-0.25, -0.2) is 0 Å². The van der Waals surface area contributed by atoms with Crippen molar-refractivity contribution < 1.29 is 9.84 Å². The van der Waals surface area contributed by atoms with Crippen LogP contribution in [0, 0.1) is 0 Å². The predicted octanol–water partition coefficient (Wildman–Crippen LogP) is 1.26. The van der Waals surface area contributed by atoms with Crippen LogP contribution in [0.4, 0.5) is 0 Å². The Labute approximate surface area is 97.0 Å². The molecule has 3 atom stereocenters. The molecule has 0 radical (unpaired) electrons. The standard InChI is InChI=1S/C11H23NO2S/c1-4-12-11(3,7-13)8-15-10-5-6-14-9(10)2/h9-10,12-13H,4-8H2,1-3H3. The van der Waals surface area contributed by atoms with Crippen molar-refractivity contribution in [1.29, 1.82) is 0 Å². The van der Waals surface area contributed by atoms with E-state index in [0.717, 1.165) is 25.3 Å². The van der Waals surface area contributed by atoms with Gasteiger partial charge in [0.15, 0.2) is 0 Å². The van der Waals surface area contributed by atoms with Gasteiger partial charge in [0.2, 0.25) is 0 Å². The molecule has 3 nitrogen and oxygen atoms in total. The number of aliphatic hydroxyl groups excluding tert-OH is 1. The molecule has 0 aromatic carbocycles. The number of likely N-dealkylation sites (N-methyl/N-ethyl adjacent to an activating group) is 1. The summed E-state index contributed by atoms with van der Waals surface area (Å²) >= 11 is 1.92. The fourth-order valence-electron chi connectivity index (χ4n) is 1.80. The quantitative estimate of drug-likeness (QED) is 0.725. The zero-order valence-corrected chi connectivity index (χ0v) is 10.8. The topological polar surface area (TPSA) is 41.5 Å². The molecule has 0 spiro atoms. The highest BCUT2D eigenvalue weighted by Gasteiger charge is 2.29. The highest BCUT2D eigenvalue weighted by molar-refractivity contribution is 8.00. The van der Waals surface area contributed by atoms with Crippen LogP contribution in [0.1, 0.15) is 27.2 Å². The Morgan fingerprint density at radius 1 is 1.60 bits per heavy atom. The highest BCUT2D eigenvalue weighted by Crippen LogP contribution is 2.28. The number of hydrogen-bond acceptors (Lipinski definition) is 4. The van der Waals surface area contributed by atoms with Crippen LogP contribution in [-0.2, 0) is 4.74 Å². The SMILES string of the molecule is CCNC(C)(CO)CSC1CCOC1C. The molecule has 0 bridgehead atoms. The van der Waals surface area contributed by atoms with Crippen LogP contribution in [0.5, 0.6) is 0 Å². The first kappa shape index (κ1) is 13.3. The summed E-state index contributed by atoms with van der Waals surface area (Å²) < 4.78 is 5.52. The van der Waals surface area contributed by atoms with Crippen LogP contribution in [0.2, 0.25) is 0 Å². The van der Waals surface area contributed by atoms with Crippen LogP contribution >= 0.6 is 11.8 Å². The number of nitrogens with one attached hydrogen (secondary N) is 1. The minimum Gasteiger partial charge on any atom is -0.394 e. The van der Waals surface area contributed by atoms with Gasteiger partial charge in [-0.1, -0.05) is 6.92 Å². The molecule has 0 aliphatic carbocycles. The third-order valence-electron chi connectivity index (χ3n) is 2.88. The van der Waals surface area contributed by atoms with E-state index in [1.54, 1.807) is 0 Å². The Morgan fingerprint density at radius 3 is 2.80 bits per heavy atom. The Kier molecular flexibility index (Phi) is 5.39. The Bertz CT molecular complexity index is 191. The first-order valence-electron chi connectivity index (χ1n) is 5.70. The minimum atomic E-state index is -0.151. The summed E-state index contributed by atoms with van der Waals surface area (Å²) in [7, 11) is 0. The Balaban J connectivity index is 2.33. The summed E-state index contributed by atoms with van der Waals surface area (Å²) in [6.45, 7) is 8.25. The molecule has 1 rings (SSSR count). The molecule has 1 aliphatic heterocycles. The zero-order valence-electron chi connectivity index (χ0n) is 9.95. The molecule has 90 valence electrons. The van der Waals surface area contributed by atoms with Crippen LogP contribution in [-0.4, -0.2) is 47.5 Å². The lowest BCUT2D eigenvalue weighted by atomic mass is 10.1. The maximum atomic E-state index is 9.35. The van der Waals surface area contributed by atoms with Gasteiger partial charge in [-0.15, -0.1) is 0 Å². The lowest BCUT2D eigenvalue weighted by molar-refractivity contribution is 0.127. The predicted molar refractivity (Wildman–Crippen MR) is 65.4 cm³/mol. The lowest BCUT2D eigenvalue weighted by Crippen LogP contribution is -2.48. The number of rotatable bonds is 6. The molecule has 2 N–H and O–H groups in total. The van der Waals surface area contributed by atoms with E-state index >= 15 is 0 Å². The fourth-order valence-corrected chi connectivity index (χ4v) is 3.19. The molecule has 0 saturated carbocycles. The molecule has 1 heterocycles. The van der Waals surface area contributed by atoms with Gasteiger partial charge >= 0.3 is 0 Å². The summed E-state index contributed by atoms with van der Waals surface area (Å²) in [5.41, 5.74) is -0.151. The van der Waals surface area contributed by atoms with Crippen LogP contribution < -0.4 is 5.32 Å². The molecule has 0 amide bonds. The summed E-state index contributed by atoms with van der Waals surface area (Å²) in [5, 5.41) is 13.3. The normalized spacial score (nSPS) is 30.4. The average molecular weight is 233 g/mol. The molecular formula is C11H23NO2S. The number of ether oxygens (including phenoxy) is 1. The van der Waals surface area contributed by atoms with E-state index in [9.17, 15) is 5.11 Å². The van der Waals surface area contributed by atoms with E-state index in [1.165, 1.54) is 0 Å². The van der Waals surface area contributed by atoms with Crippen molar-refractivity contribution in [1.82, 2.24) is 5.32 Å². The van der Waals surface area contributed by atoms with Crippen molar-refractivity contribution in [2.24, 2.45) is 0 Å². The van der Waals surface area contributed by atoms with Gasteiger partial charge in [-0.2, -0.15) is 11.8 Å². The van der Waals surface area contributed by atoms with Crippen molar-refractivity contribution in [3.63, 3.8) is 0 Å². The second kappa shape index (κ2) is 6.09. The first-order valence-corrected chi connectivity index (χ1v) is 6.75. The van der Waals surface area contributed by atoms with Gasteiger partial charge in [-0.3, -0.25) is 0 Å². The summed E-state index contributed by atoms with van der Waals surface area (Å²) in [6, 6.07) is 0. The van der Waals surface area contributed by atoms with Gasteiger partial charge < -0.3 is 15.2 Å². The van der Waals surface area contributed by atoms with E-state index in [0.29, 0.717) is 11.4 Å². The van der Waals surface area contributed by atoms with Crippen molar-refractivity contribution in [2.75, 3.05) is 25.5 Å². The number of aliphatic hydroxyl groups is 1. The van der Waals surface area contributed by atoms with Crippen molar-refractivity contribution in [3.05, 3.63) is 0 Å². The molecule has 1 aliphatic rings. The second-order valence-corrected chi connectivity index (χ2v) is 5.69. The van der Waals surface area contributed by atoms with Crippen molar-refractivity contribution in [2.45, 2.75) is 44.1 Å². The summed E-state index contributed by atoms with van der Waals surface area (Å²) in [4.78, 5) is 0. The third kappa shape index (κ3) is 3.94. The monoisotopic (exact) mass is 233 g/mol. The van der Waals surface area contributed by atoms with Crippen molar-refractivity contribution >= 4 is 11.8 Å². The third-order valence-corrected chi connectivity index (χ3v) is 4.73. The molecule has 1 saturated heterocycles. The van der Waals surface area contributed by atoms with E-state index in [1.807, 2.05) is 11.8 Å². The molecule has 4 heteroatoms. The maximum Gasteiger partial charge on any atom is 0.0666 e. The second-order valence-electron chi connectivity index (χ2n) is 4.46. The smallest absolute Gasteiger partial charge is 0.0666 e. The lowest BCUT2D eigenvalue weighted by Gasteiger charge is -2.29. The molecular weight excluding hydrogens is 210 g/mol. The Morgan fingerprint density at radius 2 is 2.33 bits per heavy atom. The summed E-state index contributed by atoms with van der Waals surface area (Å²) in [6.07, 6.45) is 1.50. The molecule has 0 aromatic rings. The van der Waals surface area contributed by atoms with Gasteiger partial charge in [0, 0.05) is 23.1 Å². The van der Waals surface area contributed by atoms with E-state index < -0.39 is 0 Å². The Hall–Kier alpha value is 0.230. The fraction of sp³-hybridized carbons (Fsp3) is 1.00. The van der Waals surface area contributed by atoms with Gasteiger partial charge in [-0.05, 0) is 26.8 Å². The van der Waals surface area contributed by atoms with Gasteiger partial charge in [0.05, 0.1) is 12.7 Å². The molecule has 0 aromatic heterocycles. The first-order chi connectivity index (χ1) is 7.11. The minimum absolute atomic E-state index is 0.151. The van der Waals surface area contributed by atoms with E-state index in [2.05, 4.69) is 26.1 Å².